The van der Waals surface area contributed by atoms with Crippen LogP contribution in [0.15, 0.2) is 12.1 Å². The number of nitrogens with one attached hydrogen (secondary N) is 1. The van der Waals surface area contributed by atoms with Crippen LogP contribution in [0.5, 0.6) is 0 Å². The standard InChI is InChI=1S/C14H17F2NO2/c1-14(2)5-3-4-12(14)17-11-6-8(13(18)19)9(15)7-10(11)16/h6-7,12,17H,3-5H2,1-2H3,(H,18,19). The second kappa shape index (κ2) is 4.79. The zero-order valence-corrected chi connectivity index (χ0v) is 11.0. The van der Waals surface area contributed by atoms with Crippen molar-refractivity contribution in [1.82, 2.24) is 0 Å². The zero-order valence-electron chi connectivity index (χ0n) is 11.0. The Morgan fingerprint density at radius 2 is 2.05 bits per heavy atom. The number of carboxylic acids is 1. The lowest BCUT2D eigenvalue weighted by atomic mass is 9.87. The van der Waals surface area contributed by atoms with Gasteiger partial charge in [-0.05, 0) is 24.3 Å². The van der Waals surface area contributed by atoms with E-state index in [-0.39, 0.29) is 17.1 Å². The van der Waals surface area contributed by atoms with Gasteiger partial charge >= 0.3 is 5.97 Å². The van der Waals surface area contributed by atoms with E-state index in [9.17, 15) is 13.6 Å². The third-order valence-corrected chi connectivity index (χ3v) is 3.87. The Morgan fingerprint density at radius 1 is 1.37 bits per heavy atom. The fourth-order valence-corrected chi connectivity index (χ4v) is 2.61. The Bertz CT molecular complexity index is 514. The van der Waals surface area contributed by atoms with E-state index in [1.165, 1.54) is 0 Å². The number of halogens is 2. The first-order chi connectivity index (χ1) is 8.81. The maximum atomic E-state index is 13.7. The SMILES string of the molecule is CC1(C)CCCC1Nc1cc(C(=O)O)c(F)cc1F. The van der Waals surface area contributed by atoms with Gasteiger partial charge in [-0.1, -0.05) is 20.3 Å². The van der Waals surface area contributed by atoms with Crippen LogP contribution < -0.4 is 5.32 Å². The molecule has 2 N–H and O–H groups in total. The van der Waals surface area contributed by atoms with Gasteiger partial charge in [-0.15, -0.1) is 0 Å². The summed E-state index contributed by atoms with van der Waals surface area (Å²) in [4.78, 5) is 10.9. The molecule has 1 aromatic carbocycles. The van der Waals surface area contributed by atoms with Gasteiger partial charge in [0.25, 0.3) is 0 Å². The monoisotopic (exact) mass is 269 g/mol. The van der Waals surface area contributed by atoms with Gasteiger partial charge in [-0.2, -0.15) is 0 Å². The van der Waals surface area contributed by atoms with Crippen molar-refractivity contribution < 1.29 is 18.7 Å². The first-order valence-corrected chi connectivity index (χ1v) is 6.30. The van der Waals surface area contributed by atoms with E-state index in [4.69, 9.17) is 5.11 Å². The lowest BCUT2D eigenvalue weighted by Gasteiger charge is -2.29. The van der Waals surface area contributed by atoms with Crippen molar-refractivity contribution in [3.63, 3.8) is 0 Å². The van der Waals surface area contributed by atoms with Gasteiger partial charge in [0, 0.05) is 12.1 Å². The average Bonchev–Trinajstić information content (AvgIpc) is 2.61. The van der Waals surface area contributed by atoms with Gasteiger partial charge < -0.3 is 10.4 Å². The summed E-state index contributed by atoms with van der Waals surface area (Å²) in [6, 6.07) is 1.71. The summed E-state index contributed by atoms with van der Waals surface area (Å²) in [6.07, 6.45) is 2.96. The third-order valence-electron chi connectivity index (χ3n) is 3.87. The molecule has 1 fully saturated rings. The molecule has 0 aliphatic heterocycles. The summed E-state index contributed by atoms with van der Waals surface area (Å²) in [7, 11) is 0. The molecule has 1 aliphatic carbocycles. The van der Waals surface area contributed by atoms with Crippen LogP contribution in [-0.2, 0) is 0 Å². The van der Waals surface area contributed by atoms with Crippen molar-refractivity contribution in [1.29, 1.82) is 0 Å². The molecule has 5 heteroatoms. The summed E-state index contributed by atoms with van der Waals surface area (Å²) in [5, 5.41) is 11.9. The molecule has 0 bridgehead atoms. The average molecular weight is 269 g/mol. The predicted octanol–water partition coefficient (Wildman–Crippen LogP) is 3.65. The quantitative estimate of drug-likeness (QED) is 0.880. The number of carbonyl (C=O) groups is 1. The van der Waals surface area contributed by atoms with Gasteiger partial charge in [0.15, 0.2) is 0 Å². The Balaban J connectivity index is 2.30. The molecule has 1 atom stereocenters. The van der Waals surface area contributed by atoms with Gasteiger partial charge in [0.05, 0.1) is 11.3 Å². The fraction of sp³-hybridized carbons (Fsp3) is 0.500. The highest BCUT2D eigenvalue weighted by Gasteiger charge is 2.34. The van der Waals surface area contributed by atoms with Crippen LogP contribution in [0.25, 0.3) is 0 Å². The highest BCUT2D eigenvalue weighted by molar-refractivity contribution is 5.89. The van der Waals surface area contributed by atoms with Crippen LogP contribution >= 0.6 is 0 Å². The topological polar surface area (TPSA) is 49.3 Å². The molecule has 0 heterocycles. The van der Waals surface area contributed by atoms with Crippen LogP contribution in [0.4, 0.5) is 14.5 Å². The van der Waals surface area contributed by atoms with Gasteiger partial charge in [0.1, 0.15) is 11.6 Å². The summed E-state index contributed by atoms with van der Waals surface area (Å²) in [5.41, 5.74) is -0.442. The Morgan fingerprint density at radius 3 is 2.58 bits per heavy atom. The molecule has 104 valence electrons. The van der Waals surface area contributed by atoms with Gasteiger partial charge in [-0.25, -0.2) is 13.6 Å². The Kier molecular flexibility index (Phi) is 3.47. The summed E-state index contributed by atoms with van der Waals surface area (Å²) < 4.78 is 27.0. The predicted molar refractivity (Wildman–Crippen MR) is 68.4 cm³/mol. The molecule has 19 heavy (non-hydrogen) atoms. The number of hydrogen-bond acceptors (Lipinski definition) is 2. The second-order valence-electron chi connectivity index (χ2n) is 5.69. The van der Waals surface area contributed by atoms with E-state index in [0.29, 0.717) is 6.07 Å². The number of rotatable bonds is 3. The minimum absolute atomic E-state index is 0.0181. The highest BCUT2D eigenvalue weighted by Crippen LogP contribution is 2.39. The van der Waals surface area contributed by atoms with E-state index in [0.717, 1.165) is 25.3 Å². The third kappa shape index (κ3) is 2.69. The largest absolute Gasteiger partial charge is 0.478 e. The molecular weight excluding hydrogens is 252 g/mol. The van der Waals surface area contributed by atoms with Crippen LogP contribution in [0.3, 0.4) is 0 Å². The molecule has 0 saturated heterocycles. The van der Waals surface area contributed by atoms with Crippen LogP contribution in [0.1, 0.15) is 43.5 Å². The molecule has 1 unspecified atom stereocenters. The molecule has 1 aliphatic rings. The van der Waals surface area contributed by atoms with E-state index < -0.39 is 23.2 Å². The molecule has 1 aromatic rings. The molecule has 0 amide bonds. The van der Waals surface area contributed by atoms with E-state index in [1.807, 2.05) is 0 Å². The van der Waals surface area contributed by atoms with Crippen LogP contribution in [-0.4, -0.2) is 17.1 Å². The van der Waals surface area contributed by atoms with Crippen molar-refractivity contribution in [3.05, 3.63) is 29.3 Å². The number of carboxylic acid groups (broad SMARTS) is 1. The summed E-state index contributed by atoms with van der Waals surface area (Å²) in [6.45, 7) is 4.16. The summed E-state index contributed by atoms with van der Waals surface area (Å²) >= 11 is 0. The molecule has 0 spiro atoms. The Hall–Kier alpha value is -1.65. The van der Waals surface area contributed by atoms with Gasteiger partial charge in [-0.3, -0.25) is 0 Å². The number of aromatic carboxylic acids is 1. The Labute approximate surface area is 110 Å². The zero-order chi connectivity index (χ0) is 14.2. The number of anilines is 1. The molecular formula is C14H17F2NO2. The van der Waals surface area contributed by atoms with Gasteiger partial charge in [0.2, 0.25) is 0 Å². The smallest absolute Gasteiger partial charge is 0.338 e. The normalized spacial score (nSPS) is 21.4. The van der Waals surface area contributed by atoms with Crippen molar-refractivity contribution in [2.45, 2.75) is 39.2 Å². The first kappa shape index (κ1) is 13.8. The molecule has 1 saturated carbocycles. The number of benzene rings is 1. The van der Waals surface area contributed by atoms with E-state index >= 15 is 0 Å². The van der Waals surface area contributed by atoms with E-state index in [1.54, 1.807) is 0 Å². The minimum atomic E-state index is -1.40. The molecule has 0 aromatic heterocycles. The maximum Gasteiger partial charge on any atom is 0.338 e. The van der Waals surface area contributed by atoms with Crippen molar-refractivity contribution >= 4 is 11.7 Å². The van der Waals surface area contributed by atoms with Crippen LogP contribution in [0, 0.1) is 17.0 Å². The molecule has 2 rings (SSSR count). The van der Waals surface area contributed by atoms with Crippen molar-refractivity contribution in [3.8, 4) is 0 Å². The summed E-state index contributed by atoms with van der Waals surface area (Å²) in [5.74, 6) is -3.21. The van der Waals surface area contributed by atoms with E-state index in [2.05, 4.69) is 19.2 Å². The molecule has 3 nitrogen and oxygen atoms in total. The lowest BCUT2D eigenvalue weighted by Crippen LogP contribution is -2.31. The second-order valence-corrected chi connectivity index (χ2v) is 5.69. The minimum Gasteiger partial charge on any atom is -0.478 e. The highest BCUT2D eigenvalue weighted by atomic mass is 19.1. The van der Waals surface area contributed by atoms with Crippen molar-refractivity contribution in [2.75, 3.05) is 5.32 Å². The first-order valence-electron chi connectivity index (χ1n) is 6.30. The number of hydrogen-bond donors (Lipinski definition) is 2. The maximum absolute atomic E-state index is 13.7. The fourth-order valence-electron chi connectivity index (χ4n) is 2.61. The van der Waals surface area contributed by atoms with Crippen LogP contribution in [0.2, 0.25) is 0 Å². The lowest BCUT2D eigenvalue weighted by molar-refractivity contribution is 0.0692. The molecule has 0 radical (unpaired) electrons. The van der Waals surface area contributed by atoms with Crippen molar-refractivity contribution in [2.24, 2.45) is 5.41 Å².